The number of amides is 2. The molecule has 0 bridgehead atoms. The van der Waals surface area contributed by atoms with Gasteiger partial charge < -0.3 is 32.5 Å². The van der Waals surface area contributed by atoms with Gasteiger partial charge in [0.2, 0.25) is 0 Å². The number of nitrogens with two attached hydrogens (primary N) is 2. The lowest BCUT2D eigenvalue weighted by molar-refractivity contribution is 0.101. The molecule has 3 aromatic carbocycles. The molecule has 0 saturated carbocycles. The van der Waals surface area contributed by atoms with E-state index in [4.69, 9.17) is 21.9 Å². The summed E-state index contributed by atoms with van der Waals surface area (Å²) in [6.07, 6.45) is 0. The van der Waals surface area contributed by atoms with E-state index in [9.17, 15) is 9.59 Å². The van der Waals surface area contributed by atoms with Gasteiger partial charge in [-0.2, -0.15) is 0 Å². The Bertz CT molecular complexity index is 1100. The van der Waals surface area contributed by atoms with Crippen LogP contribution in [0.15, 0.2) is 83.1 Å². The molecule has 162 valence electrons. The van der Waals surface area contributed by atoms with Gasteiger partial charge in [-0.1, -0.05) is 40.6 Å². The summed E-state index contributed by atoms with van der Waals surface area (Å²) in [7, 11) is 0. The Morgan fingerprint density at radius 2 is 0.969 bits per heavy atom. The van der Waals surface area contributed by atoms with E-state index in [-0.39, 0.29) is 23.5 Å². The maximum Gasteiger partial charge on any atom is 0.255 e. The number of amidine groups is 2. The quantitative estimate of drug-likeness (QED) is 0.151. The van der Waals surface area contributed by atoms with Crippen LogP contribution in [-0.4, -0.2) is 33.9 Å². The highest BCUT2D eigenvalue weighted by molar-refractivity contribution is 6.07. The zero-order valence-electron chi connectivity index (χ0n) is 16.7. The maximum absolute atomic E-state index is 12.5. The average molecular weight is 432 g/mol. The zero-order chi connectivity index (χ0) is 23.1. The monoisotopic (exact) mass is 432 g/mol. The predicted octanol–water partition coefficient (Wildman–Crippen LogP) is 2.38. The Morgan fingerprint density at radius 1 is 0.625 bits per heavy atom. The third-order valence-electron chi connectivity index (χ3n) is 4.48. The fraction of sp³-hybridized carbons (Fsp3) is 0. The first-order valence-corrected chi connectivity index (χ1v) is 9.30. The molecule has 8 N–H and O–H groups in total. The van der Waals surface area contributed by atoms with Gasteiger partial charge in [0.15, 0.2) is 11.7 Å². The minimum Gasteiger partial charge on any atom is -0.409 e. The summed E-state index contributed by atoms with van der Waals surface area (Å²) in [6, 6.07) is 19.1. The molecular weight excluding hydrogens is 412 g/mol. The molecule has 10 heteroatoms. The summed E-state index contributed by atoms with van der Waals surface area (Å²) in [6.45, 7) is 0. The number of rotatable bonds is 6. The summed E-state index contributed by atoms with van der Waals surface area (Å²) < 4.78 is 0. The van der Waals surface area contributed by atoms with Crippen molar-refractivity contribution in [3.63, 3.8) is 0 Å². The van der Waals surface area contributed by atoms with E-state index in [0.29, 0.717) is 33.6 Å². The molecule has 0 aromatic heterocycles. The van der Waals surface area contributed by atoms with E-state index in [0.717, 1.165) is 0 Å². The Hall–Kier alpha value is -4.86. The molecule has 3 rings (SSSR count). The number of nitrogens with zero attached hydrogens (tertiary/aromatic N) is 2. The van der Waals surface area contributed by atoms with Crippen molar-refractivity contribution in [2.75, 3.05) is 10.6 Å². The Kier molecular flexibility index (Phi) is 6.66. The normalized spacial score (nSPS) is 11.6. The largest absolute Gasteiger partial charge is 0.409 e. The number of carbonyl (C=O) groups excluding carboxylic acids is 2. The molecule has 10 nitrogen and oxygen atoms in total. The van der Waals surface area contributed by atoms with Crippen LogP contribution in [-0.2, 0) is 0 Å². The number of hydrogen-bond donors (Lipinski definition) is 6. The molecule has 0 aliphatic rings. The van der Waals surface area contributed by atoms with Gasteiger partial charge in [-0.05, 0) is 42.5 Å². The van der Waals surface area contributed by atoms with Crippen molar-refractivity contribution in [3.05, 3.63) is 95.1 Å². The highest BCUT2D eigenvalue weighted by atomic mass is 16.4. The molecule has 0 aliphatic heterocycles. The second-order valence-electron chi connectivity index (χ2n) is 6.61. The van der Waals surface area contributed by atoms with Gasteiger partial charge in [0.05, 0.1) is 0 Å². The molecular formula is C22H20N6O4. The third kappa shape index (κ3) is 5.19. The number of oxime groups is 2. The van der Waals surface area contributed by atoms with Crippen molar-refractivity contribution in [1.29, 1.82) is 0 Å². The third-order valence-corrected chi connectivity index (χ3v) is 4.48. The number of carbonyl (C=O) groups is 2. The maximum atomic E-state index is 12.5. The van der Waals surface area contributed by atoms with Gasteiger partial charge in [-0.25, -0.2) is 0 Å². The molecule has 0 atom stereocenters. The smallest absolute Gasteiger partial charge is 0.255 e. The number of anilines is 2. The Morgan fingerprint density at radius 3 is 1.31 bits per heavy atom. The van der Waals surface area contributed by atoms with Crippen LogP contribution in [0.5, 0.6) is 0 Å². The highest BCUT2D eigenvalue weighted by Gasteiger charge is 2.10. The fourth-order valence-electron chi connectivity index (χ4n) is 2.78. The van der Waals surface area contributed by atoms with E-state index in [1.54, 1.807) is 72.8 Å². The molecule has 0 saturated heterocycles. The van der Waals surface area contributed by atoms with Crippen LogP contribution >= 0.6 is 0 Å². The second kappa shape index (κ2) is 9.76. The van der Waals surface area contributed by atoms with Gasteiger partial charge in [0, 0.05) is 33.6 Å². The number of hydrogen-bond acceptors (Lipinski definition) is 6. The number of nitrogens with one attached hydrogen (secondary N) is 2. The Labute approximate surface area is 182 Å². The second-order valence-corrected chi connectivity index (χ2v) is 6.61. The van der Waals surface area contributed by atoms with Crippen LogP contribution in [0.3, 0.4) is 0 Å². The molecule has 0 heterocycles. The van der Waals surface area contributed by atoms with Crippen LogP contribution in [0.1, 0.15) is 31.8 Å². The van der Waals surface area contributed by atoms with Crippen molar-refractivity contribution in [2.24, 2.45) is 21.8 Å². The molecule has 0 spiro atoms. The van der Waals surface area contributed by atoms with Gasteiger partial charge >= 0.3 is 0 Å². The standard InChI is InChI=1S/C22H20N6O4/c23-19(27-31)13-4-8-15(9-5-13)21(29)25-17-2-1-3-18(12-17)26-22(30)16-10-6-14(7-11-16)20(24)28-32/h1-12,31-32H,(H2,23,27)(H2,24,28)(H,25,29)(H,26,30). The summed E-state index contributed by atoms with van der Waals surface area (Å²) in [5.74, 6) is -0.836. The van der Waals surface area contributed by atoms with E-state index >= 15 is 0 Å². The first-order chi connectivity index (χ1) is 15.4. The van der Waals surface area contributed by atoms with E-state index in [2.05, 4.69) is 20.9 Å². The van der Waals surface area contributed by atoms with Gasteiger partial charge in [-0.3, -0.25) is 9.59 Å². The fourth-order valence-corrected chi connectivity index (χ4v) is 2.78. The lowest BCUT2D eigenvalue weighted by Gasteiger charge is -2.10. The van der Waals surface area contributed by atoms with Gasteiger partial charge in [-0.15, -0.1) is 0 Å². The summed E-state index contributed by atoms with van der Waals surface area (Å²) in [5.41, 5.74) is 13.7. The first-order valence-electron chi connectivity index (χ1n) is 9.30. The SMILES string of the molecule is N/C(=N/O)c1ccc(C(=O)Nc2cccc(NC(=O)c3ccc(/C(N)=N\O)cc3)c2)cc1. The zero-order valence-corrected chi connectivity index (χ0v) is 16.7. The van der Waals surface area contributed by atoms with Crippen LogP contribution in [0.4, 0.5) is 11.4 Å². The molecule has 0 radical (unpaired) electrons. The Balaban J connectivity index is 1.67. The lowest BCUT2D eigenvalue weighted by Crippen LogP contribution is -2.16. The summed E-state index contributed by atoms with van der Waals surface area (Å²) in [5, 5.41) is 28.7. The minimum absolute atomic E-state index is 0.0555. The lowest BCUT2D eigenvalue weighted by atomic mass is 10.1. The summed E-state index contributed by atoms with van der Waals surface area (Å²) >= 11 is 0. The van der Waals surface area contributed by atoms with Crippen LogP contribution in [0.25, 0.3) is 0 Å². The van der Waals surface area contributed by atoms with Crippen molar-refractivity contribution in [2.45, 2.75) is 0 Å². The van der Waals surface area contributed by atoms with Gasteiger partial charge in [0.1, 0.15) is 0 Å². The van der Waals surface area contributed by atoms with Crippen molar-refractivity contribution < 1.29 is 20.0 Å². The predicted molar refractivity (Wildman–Crippen MR) is 120 cm³/mol. The van der Waals surface area contributed by atoms with E-state index in [1.165, 1.54) is 0 Å². The van der Waals surface area contributed by atoms with Crippen molar-refractivity contribution >= 4 is 34.9 Å². The van der Waals surface area contributed by atoms with E-state index < -0.39 is 0 Å². The number of benzene rings is 3. The molecule has 2 amide bonds. The van der Waals surface area contributed by atoms with Crippen molar-refractivity contribution in [1.82, 2.24) is 0 Å². The average Bonchev–Trinajstić information content (AvgIpc) is 2.83. The van der Waals surface area contributed by atoms with E-state index in [1.807, 2.05) is 0 Å². The van der Waals surface area contributed by atoms with Crippen LogP contribution < -0.4 is 22.1 Å². The first kappa shape index (κ1) is 21.8. The highest BCUT2D eigenvalue weighted by Crippen LogP contribution is 2.18. The molecule has 0 aliphatic carbocycles. The van der Waals surface area contributed by atoms with Gasteiger partial charge in [0.25, 0.3) is 11.8 Å². The molecule has 0 unspecified atom stereocenters. The molecule has 0 fully saturated rings. The topological polar surface area (TPSA) is 175 Å². The van der Waals surface area contributed by atoms with Crippen LogP contribution in [0, 0.1) is 0 Å². The molecule has 32 heavy (non-hydrogen) atoms. The van der Waals surface area contributed by atoms with Crippen molar-refractivity contribution in [3.8, 4) is 0 Å². The summed E-state index contributed by atoms with van der Waals surface area (Å²) in [4.78, 5) is 25.0. The molecule has 3 aromatic rings. The van der Waals surface area contributed by atoms with Crippen LogP contribution in [0.2, 0.25) is 0 Å². The minimum atomic E-state index is -0.363.